The van der Waals surface area contributed by atoms with E-state index in [4.69, 9.17) is 0 Å². The van der Waals surface area contributed by atoms with E-state index in [0.717, 1.165) is 66.5 Å². The molecule has 1 aliphatic heterocycles. The van der Waals surface area contributed by atoms with E-state index in [0.29, 0.717) is 19.1 Å². The van der Waals surface area contributed by atoms with Gasteiger partial charge in [-0.1, -0.05) is 68.3 Å². The molecule has 1 saturated heterocycles. The molecule has 1 aromatic heterocycles. The number of carbonyl (C=O) groups excluding carboxylic acids is 1. The molecule has 5 nitrogen and oxygen atoms in total. The highest BCUT2D eigenvalue weighted by molar-refractivity contribution is 6.07. The molecule has 0 saturated carbocycles. The van der Waals surface area contributed by atoms with E-state index in [2.05, 4.69) is 33.5 Å². The maximum Gasteiger partial charge on any atom is 0.254 e. The molecule has 0 aliphatic carbocycles. The summed E-state index contributed by atoms with van der Waals surface area (Å²) in [6.07, 6.45) is 7.09. The molecule has 1 atom stereocenters. The van der Waals surface area contributed by atoms with Crippen LogP contribution in [0.3, 0.4) is 0 Å². The first-order chi connectivity index (χ1) is 17.6. The van der Waals surface area contributed by atoms with Crippen LogP contribution in [0.4, 0.5) is 4.39 Å². The lowest BCUT2D eigenvalue weighted by Gasteiger charge is -2.41. The largest absolute Gasteiger partial charge is 0.336 e. The zero-order chi connectivity index (χ0) is 24.9. The lowest BCUT2D eigenvalue weighted by molar-refractivity contribution is 0.0429. The summed E-state index contributed by atoms with van der Waals surface area (Å²) in [6.45, 7) is 5.92. The fourth-order valence-corrected chi connectivity index (χ4v) is 5.20. The van der Waals surface area contributed by atoms with Gasteiger partial charge in [-0.25, -0.2) is 9.37 Å². The van der Waals surface area contributed by atoms with Crippen LogP contribution in [0.5, 0.6) is 0 Å². The Bertz CT molecular complexity index is 1310. The molecule has 5 rings (SSSR count). The predicted octanol–water partition coefficient (Wildman–Crippen LogP) is 5.74. The normalized spacial score (nSPS) is 16.5. The summed E-state index contributed by atoms with van der Waals surface area (Å²) in [5.41, 5.74) is 2.96. The highest BCUT2D eigenvalue weighted by Crippen LogP contribution is 2.24. The van der Waals surface area contributed by atoms with Crippen molar-refractivity contribution in [1.29, 1.82) is 0 Å². The second-order valence-electron chi connectivity index (χ2n) is 9.68. The summed E-state index contributed by atoms with van der Waals surface area (Å²) in [7, 11) is 0. The number of aromatic nitrogens is 2. The van der Waals surface area contributed by atoms with E-state index < -0.39 is 0 Å². The Morgan fingerprint density at radius 2 is 1.81 bits per heavy atom. The van der Waals surface area contributed by atoms with E-state index in [9.17, 15) is 9.18 Å². The number of carbonyl (C=O) groups is 1. The van der Waals surface area contributed by atoms with Gasteiger partial charge in [-0.2, -0.15) is 0 Å². The van der Waals surface area contributed by atoms with Crippen LogP contribution >= 0.6 is 0 Å². The SMILES string of the molecule is CCCC[C@H]1CN(C(=O)c2cccc3ccccc23)CCN1Cc1cncn1Cc1ccc(F)cc1. The molecule has 3 aromatic carbocycles. The van der Waals surface area contributed by atoms with Crippen LogP contribution in [0.15, 0.2) is 79.3 Å². The van der Waals surface area contributed by atoms with Crippen molar-refractivity contribution in [3.05, 3.63) is 102 Å². The van der Waals surface area contributed by atoms with Gasteiger partial charge in [0.05, 0.1) is 12.0 Å². The number of imidazole rings is 1. The van der Waals surface area contributed by atoms with Crippen molar-refractivity contribution in [2.45, 2.75) is 45.3 Å². The number of piperazine rings is 1. The zero-order valence-electron chi connectivity index (χ0n) is 20.8. The molecule has 0 N–H and O–H groups in total. The summed E-state index contributed by atoms with van der Waals surface area (Å²) in [5.74, 6) is -0.103. The number of benzene rings is 3. The molecule has 1 amide bonds. The van der Waals surface area contributed by atoms with Gasteiger partial charge in [-0.05, 0) is 41.0 Å². The minimum absolute atomic E-state index is 0.120. The summed E-state index contributed by atoms with van der Waals surface area (Å²) in [4.78, 5) is 22.5. The summed E-state index contributed by atoms with van der Waals surface area (Å²) in [5, 5.41) is 2.11. The van der Waals surface area contributed by atoms with Crippen LogP contribution in [0.25, 0.3) is 10.8 Å². The Balaban J connectivity index is 1.31. The molecular formula is C30H33FN4O. The van der Waals surface area contributed by atoms with Crippen molar-refractivity contribution in [3.8, 4) is 0 Å². The molecule has 6 heteroatoms. The van der Waals surface area contributed by atoms with Gasteiger partial charge >= 0.3 is 0 Å². The van der Waals surface area contributed by atoms with Crippen LogP contribution in [0.1, 0.15) is 47.8 Å². The topological polar surface area (TPSA) is 41.4 Å². The van der Waals surface area contributed by atoms with Crippen LogP contribution in [-0.4, -0.2) is 50.9 Å². The van der Waals surface area contributed by atoms with Crippen LogP contribution in [0.2, 0.25) is 0 Å². The molecule has 0 spiro atoms. The first-order valence-electron chi connectivity index (χ1n) is 12.9. The average Bonchev–Trinajstić information content (AvgIpc) is 3.35. The van der Waals surface area contributed by atoms with Crippen LogP contribution in [0, 0.1) is 5.82 Å². The molecule has 0 unspecified atom stereocenters. The smallest absolute Gasteiger partial charge is 0.254 e. The predicted molar refractivity (Wildman–Crippen MR) is 141 cm³/mol. The summed E-state index contributed by atoms with van der Waals surface area (Å²) < 4.78 is 15.5. The van der Waals surface area contributed by atoms with Crippen molar-refractivity contribution < 1.29 is 9.18 Å². The molecule has 0 bridgehead atoms. The summed E-state index contributed by atoms with van der Waals surface area (Å²) in [6, 6.07) is 21.0. The number of halogens is 1. The van der Waals surface area contributed by atoms with Gasteiger partial charge in [-0.3, -0.25) is 9.69 Å². The molecular weight excluding hydrogens is 451 g/mol. The summed E-state index contributed by atoms with van der Waals surface area (Å²) >= 11 is 0. The van der Waals surface area contributed by atoms with E-state index in [-0.39, 0.29) is 11.7 Å². The lowest BCUT2D eigenvalue weighted by atomic mass is 10.0. The Kier molecular flexibility index (Phi) is 7.42. The Morgan fingerprint density at radius 1 is 1.00 bits per heavy atom. The standard InChI is InChI=1S/C30H33FN4O/c1-2-3-9-26-20-34(30(36)29-11-6-8-24-7-4-5-10-28(24)29)17-16-33(26)21-27-18-32-22-35(27)19-23-12-14-25(31)15-13-23/h4-8,10-15,18,22,26H,2-3,9,16-17,19-21H2,1H3/t26-/m0/s1. The second-order valence-corrected chi connectivity index (χ2v) is 9.68. The molecule has 36 heavy (non-hydrogen) atoms. The van der Waals surface area contributed by atoms with E-state index >= 15 is 0 Å². The Labute approximate surface area is 212 Å². The first kappa shape index (κ1) is 24.2. The molecule has 186 valence electrons. The van der Waals surface area contributed by atoms with Crippen molar-refractivity contribution in [2.24, 2.45) is 0 Å². The Hall–Kier alpha value is -3.51. The second kappa shape index (κ2) is 11.0. The highest BCUT2D eigenvalue weighted by atomic mass is 19.1. The minimum Gasteiger partial charge on any atom is -0.336 e. The van der Waals surface area contributed by atoms with E-state index in [1.807, 2.05) is 59.9 Å². The van der Waals surface area contributed by atoms with Crippen molar-refractivity contribution >= 4 is 16.7 Å². The van der Waals surface area contributed by atoms with Crippen molar-refractivity contribution in [2.75, 3.05) is 19.6 Å². The van der Waals surface area contributed by atoms with Gasteiger partial charge in [0, 0.05) is 50.5 Å². The van der Waals surface area contributed by atoms with Gasteiger partial charge in [0.15, 0.2) is 0 Å². The van der Waals surface area contributed by atoms with Crippen molar-refractivity contribution in [1.82, 2.24) is 19.4 Å². The number of nitrogens with zero attached hydrogens (tertiary/aromatic N) is 4. The van der Waals surface area contributed by atoms with Crippen LogP contribution < -0.4 is 0 Å². The maximum absolute atomic E-state index is 13.6. The highest BCUT2D eigenvalue weighted by Gasteiger charge is 2.30. The zero-order valence-corrected chi connectivity index (χ0v) is 20.8. The maximum atomic E-state index is 13.6. The number of unbranched alkanes of at least 4 members (excludes halogenated alkanes) is 1. The third kappa shape index (κ3) is 5.34. The molecule has 1 aliphatic rings. The van der Waals surface area contributed by atoms with Crippen molar-refractivity contribution in [3.63, 3.8) is 0 Å². The number of rotatable bonds is 8. The fraction of sp³-hybridized carbons (Fsp3) is 0.333. The van der Waals surface area contributed by atoms with Gasteiger partial charge < -0.3 is 9.47 Å². The number of hydrogen-bond acceptors (Lipinski definition) is 3. The van der Waals surface area contributed by atoms with Gasteiger partial charge in [0.2, 0.25) is 0 Å². The number of fused-ring (bicyclic) bond motifs is 1. The molecule has 2 heterocycles. The van der Waals surface area contributed by atoms with E-state index in [1.54, 1.807) is 0 Å². The monoisotopic (exact) mass is 484 g/mol. The third-order valence-electron chi connectivity index (χ3n) is 7.23. The van der Waals surface area contributed by atoms with Gasteiger partial charge in [0.25, 0.3) is 5.91 Å². The van der Waals surface area contributed by atoms with E-state index in [1.165, 1.54) is 12.1 Å². The molecule has 0 radical (unpaired) electrons. The molecule has 4 aromatic rings. The third-order valence-corrected chi connectivity index (χ3v) is 7.23. The lowest BCUT2D eigenvalue weighted by Crippen LogP contribution is -2.54. The molecule has 1 fully saturated rings. The number of hydrogen-bond donors (Lipinski definition) is 0. The fourth-order valence-electron chi connectivity index (χ4n) is 5.20. The van der Waals surface area contributed by atoms with Gasteiger partial charge in [-0.15, -0.1) is 0 Å². The quantitative estimate of drug-likeness (QED) is 0.320. The van der Waals surface area contributed by atoms with Gasteiger partial charge in [0.1, 0.15) is 5.82 Å². The Morgan fingerprint density at radius 3 is 2.64 bits per heavy atom. The number of amides is 1. The first-order valence-corrected chi connectivity index (χ1v) is 12.9. The van der Waals surface area contributed by atoms with Crippen LogP contribution in [-0.2, 0) is 13.1 Å². The average molecular weight is 485 g/mol. The minimum atomic E-state index is -0.223.